The molecule has 136 valence electrons. The molecule has 27 heavy (non-hydrogen) atoms. The molecule has 1 amide bonds. The SMILES string of the molecule is C#CCOc1c(I)cc(/C=C(\C#N)C(=O)Nc2ccc(F)cc2)cc1OC. The highest BCUT2D eigenvalue weighted by Crippen LogP contribution is 2.34. The van der Waals surface area contributed by atoms with Crippen molar-refractivity contribution in [1.82, 2.24) is 0 Å². The number of halogens is 2. The van der Waals surface area contributed by atoms with Gasteiger partial charge in [-0.05, 0) is 70.6 Å². The van der Waals surface area contributed by atoms with Crippen LogP contribution in [0.3, 0.4) is 0 Å². The lowest BCUT2D eigenvalue weighted by Gasteiger charge is -2.12. The monoisotopic (exact) mass is 476 g/mol. The Morgan fingerprint density at radius 2 is 2.07 bits per heavy atom. The maximum Gasteiger partial charge on any atom is 0.266 e. The number of benzene rings is 2. The van der Waals surface area contributed by atoms with Gasteiger partial charge in [-0.1, -0.05) is 5.92 Å². The second-order valence-corrected chi connectivity index (χ2v) is 6.32. The number of hydrogen-bond acceptors (Lipinski definition) is 4. The van der Waals surface area contributed by atoms with Crippen molar-refractivity contribution in [1.29, 1.82) is 5.26 Å². The Labute approximate surface area is 169 Å². The van der Waals surface area contributed by atoms with Crippen LogP contribution in [0.15, 0.2) is 42.0 Å². The molecule has 0 aromatic heterocycles. The van der Waals surface area contributed by atoms with E-state index in [9.17, 15) is 14.4 Å². The van der Waals surface area contributed by atoms with E-state index >= 15 is 0 Å². The van der Waals surface area contributed by atoms with Crippen molar-refractivity contribution in [2.24, 2.45) is 0 Å². The summed E-state index contributed by atoms with van der Waals surface area (Å²) in [5.74, 6) is 2.27. The number of nitrogens with zero attached hydrogens (tertiary/aromatic N) is 1. The van der Waals surface area contributed by atoms with Crippen LogP contribution >= 0.6 is 22.6 Å². The van der Waals surface area contributed by atoms with Gasteiger partial charge in [-0.3, -0.25) is 4.79 Å². The van der Waals surface area contributed by atoms with E-state index < -0.39 is 11.7 Å². The minimum atomic E-state index is -0.606. The molecule has 0 unspecified atom stereocenters. The predicted octanol–water partition coefficient (Wildman–Crippen LogP) is 4.00. The standard InChI is InChI=1S/C20H14FIN2O3/c1-3-8-27-19-17(22)10-13(11-18(19)26-2)9-14(12-23)20(25)24-16-6-4-15(21)5-7-16/h1,4-7,9-11H,8H2,2H3,(H,24,25)/b14-9+. The average Bonchev–Trinajstić information content (AvgIpc) is 2.66. The lowest BCUT2D eigenvalue weighted by molar-refractivity contribution is -0.112. The second kappa shape index (κ2) is 9.60. The first-order valence-corrected chi connectivity index (χ1v) is 8.69. The fraction of sp³-hybridized carbons (Fsp3) is 0.100. The third-order valence-electron chi connectivity index (χ3n) is 3.33. The van der Waals surface area contributed by atoms with Crippen LogP contribution in [-0.4, -0.2) is 19.6 Å². The molecule has 0 radical (unpaired) electrons. The van der Waals surface area contributed by atoms with Gasteiger partial charge in [-0.25, -0.2) is 4.39 Å². The fourth-order valence-corrected chi connectivity index (χ4v) is 2.91. The van der Waals surface area contributed by atoms with Gasteiger partial charge in [-0.2, -0.15) is 5.26 Å². The number of rotatable bonds is 6. The first kappa shape index (κ1) is 20.3. The summed E-state index contributed by atoms with van der Waals surface area (Å²) in [6, 6.07) is 10.5. The number of amides is 1. The predicted molar refractivity (Wildman–Crippen MR) is 109 cm³/mol. The van der Waals surface area contributed by atoms with Crippen LogP contribution < -0.4 is 14.8 Å². The molecule has 2 aromatic rings. The molecule has 0 aliphatic rings. The van der Waals surface area contributed by atoms with Gasteiger partial charge in [-0.15, -0.1) is 6.42 Å². The number of methoxy groups -OCH3 is 1. The molecule has 0 saturated carbocycles. The summed E-state index contributed by atoms with van der Waals surface area (Å²) >= 11 is 2.05. The highest BCUT2D eigenvalue weighted by molar-refractivity contribution is 14.1. The number of nitriles is 1. The van der Waals surface area contributed by atoms with Crippen LogP contribution in [0.1, 0.15) is 5.56 Å². The van der Waals surface area contributed by atoms with Crippen LogP contribution in [0, 0.1) is 33.1 Å². The topological polar surface area (TPSA) is 71.3 Å². The summed E-state index contributed by atoms with van der Waals surface area (Å²) in [5, 5.41) is 11.9. The van der Waals surface area contributed by atoms with Gasteiger partial charge in [0.25, 0.3) is 5.91 Å². The number of hydrogen-bond donors (Lipinski definition) is 1. The van der Waals surface area contributed by atoms with Crippen LogP contribution in [0.2, 0.25) is 0 Å². The molecule has 0 aliphatic heterocycles. The van der Waals surface area contributed by atoms with E-state index in [-0.39, 0.29) is 12.2 Å². The molecule has 2 rings (SSSR count). The fourth-order valence-electron chi connectivity index (χ4n) is 2.12. The summed E-state index contributed by atoms with van der Waals surface area (Å²) < 4.78 is 24.4. The molecule has 0 heterocycles. The lowest BCUT2D eigenvalue weighted by atomic mass is 10.1. The van der Waals surface area contributed by atoms with Crippen molar-refractivity contribution in [3.8, 4) is 29.9 Å². The normalized spacial score (nSPS) is 10.5. The maximum absolute atomic E-state index is 12.9. The summed E-state index contributed by atoms with van der Waals surface area (Å²) in [6.45, 7) is 0.0884. The van der Waals surface area contributed by atoms with Gasteiger partial charge in [0.1, 0.15) is 24.1 Å². The zero-order valence-corrected chi connectivity index (χ0v) is 16.4. The maximum atomic E-state index is 12.9. The molecule has 2 aromatic carbocycles. The Balaban J connectivity index is 2.29. The Bertz CT molecular complexity index is 957. The summed E-state index contributed by atoms with van der Waals surface area (Å²) in [5.41, 5.74) is 0.845. The third kappa shape index (κ3) is 5.47. The van der Waals surface area contributed by atoms with Gasteiger partial charge in [0.2, 0.25) is 0 Å². The molecule has 0 spiro atoms. The van der Waals surface area contributed by atoms with E-state index in [1.54, 1.807) is 12.1 Å². The molecule has 0 aliphatic carbocycles. The van der Waals surface area contributed by atoms with E-state index in [0.717, 1.165) is 0 Å². The van der Waals surface area contributed by atoms with E-state index in [1.807, 2.05) is 6.07 Å². The Kier molecular flexibility index (Phi) is 7.21. The van der Waals surface area contributed by atoms with E-state index in [4.69, 9.17) is 15.9 Å². The average molecular weight is 476 g/mol. The smallest absolute Gasteiger partial charge is 0.266 e. The number of carbonyl (C=O) groups is 1. The van der Waals surface area contributed by atoms with Crippen molar-refractivity contribution >= 4 is 40.3 Å². The molecule has 0 fully saturated rings. The largest absolute Gasteiger partial charge is 0.493 e. The van der Waals surface area contributed by atoms with Gasteiger partial charge >= 0.3 is 0 Å². The van der Waals surface area contributed by atoms with Gasteiger partial charge < -0.3 is 14.8 Å². The van der Waals surface area contributed by atoms with E-state index in [2.05, 4.69) is 33.8 Å². The minimum Gasteiger partial charge on any atom is -0.493 e. The number of nitrogens with one attached hydrogen (secondary N) is 1. The van der Waals surface area contributed by atoms with Crippen molar-refractivity contribution in [2.45, 2.75) is 0 Å². The molecule has 0 saturated heterocycles. The second-order valence-electron chi connectivity index (χ2n) is 5.16. The van der Waals surface area contributed by atoms with Crippen LogP contribution in [0.25, 0.3) is 6.08 Å². The Morgan fingerprint density at radius 1 is 1.37 bits per heavy atom. The summed E-state index contributed by atoms with van der Waals surface area (Å²) in [7, 11) is 1.48. The van der Waals surface area contributed by atoms with Crippen LogP contribution in [-0.2, 0) is 4.79 Å². The van der Waals surface area contributed by atoms with E-state index in [0.29, 0.717) is 26.3 Å². The molecule has 1 N–H and O–H groups in total. The summed E-state index contributed by atoms with van der Waals surface area (Å²) in [6.07, 6.45) is 6.63. The molecule has 5 nitrogen and oxygen atoms in total. The number of terminal acetylenes is 1. The van der Waals surface area contributed by atoms with Gasteiger partial charge in [0.15, 0.2) is 11.5 Å². The molecule has 0 atom stereocenters. The number of carbonyl (C=O) groups excluding carboxylic acids is 1. The van der Waals surface area contributed by atoms with Crippen LogP contribution in [0.4, 0.5) is 10.1 Å². The third-order valence-corrected chi connectivity index (χ3v) is 4.13. The number of anilines is 1. The lowest BCUT2D eigenvalue weighted by Crippen LogP contribution is -2.13. The minimum absolute atomic E-state index is 0.0884. The summed E-state index contributed by atoms with van der Waals surface area (Å²) in [4.78, 5) is 12.3. The Hall–Kier alpha value is -3.04. The van der Waals surface area contributed by atoms with Crippen molar-refractivity contribution in [3.05, 3.63) is 56.9 Å². The zero-order chi connectivity index (χ0) is 19.8. The molecular weight excluding hydrogens is 462 g/mol. The highest BCUT2D eigenvalue weighted by atomic mass is 127. The first-order chi connectivity index (χ1) is 13.0. The molecular formula is C20H14FIN2O3. The zero-order valence-electron chi connectivity index (χ0n) is 14.3. The van der Waals surface area contributed by atoms with Crippen molar-refractivity contribution in [3.63, 3.8) is 0 Å². The van der Waals surface area contributed by atoms with Gasteiger partial charge in [0, 0.05) is 5.69 Å². The first-order valence-electron chi connectivity index (χ1n) is 7.61. The van der Waals surface area contributed by atoms with Crippen molar-refractivity contribution < 1.29 is 18.7 Å². The van der Waals surface area contributed by atoms with Crippen molar-refractivity contribution in [2.75, 3.05) is 19.0 Å². The number of ether oxygens (including phenoxy) is 2. The Morgan fingerprint density at radius 3 is 2.67 bits per heavy atom. The molecule has 0 bridgehead atoms. The van der Waals surface area contributed by atoms with E-state index in [1.165, 1.54) is 37.5 Å². The van der Waals surface area contributed by atoms with Gasteiger partial charge in [0.05, 0.1) is 10.7 Å². The highest BCUT2D eigenvalue weighted by Gasteiger charge is 2.14. The molecule has 7 heteroatoms. The quantitative estimate of drug-likeness (QED) is 0.296. The van der Waals surface area contributed by atoms with Crippen LogP contribution in [0.5, 0.6) is 11.5 Å².